The fourth-order valence-corrected chi connectivity index (χ4v) is 1.95. The Hall–Kier alpha value is -2.60. The van der Waals surface area contributed by atoms with E-state index in [9.17, 15) is 9.59 Å². The average Bonchev–Trinajstić information content (AvgIpc) is 2.96. The summed E-state index contributed by atoms with van der Waals surface area (Å²) in [4.78, 5) is 22.9. The van der Waals surface area contributed by atoms with Crippen molar-refractivity contribution in [3.63, 3.8) is 0 Å². The molecule has 110 valence electrons. The quantitative estimate of drug-likeness (QED) is 0.745. The van der Waals surface area contributed by atoms with Gasteiger partial charge in [-0.3, -0.25) is 4.79 Å². The first-order valence-electron chi connectivity index (χ1n) is 6.50. The van der Waals surface area contributed by atoms with Crippen molar-refractivity contribution in [1.29, 1.82) is 0 Å². The monoisotopic (exact) mass is 288 g/mol. The molecule has 0 bridgehead atoms. The Labute approximate surface area is 121 Å². The molecule has 1 amide bonds. The second kappa shape index (κ2) is 6.71. The summed E-state index contributed by atoms with van der Waals surface area (Å²) in [7, 11) is 0. The van der Waals surface area contributed by atoms with E-state index in [-0.39, 0.29) is 23.8 Å². The lowest BCUT2D eigenvalue weighted by molar-refractivity contribution is 0.0695. The van der Waals surface area contributed by atoms with Crippen LogP contribution in [0, 0.1) is 0 Å². The van der Waals surface area contributed by atoms with E-state index in [1.54, 1.807) is 36.4 Å². The fraction of sp³-hybridized carbons (Fsp3) is 0.200. The van der Waals surface area contributed by atoms with Crippen LogP contribution >= 0.6 is 0 Å². The SMILES string of the molecule is NCc1ccc(C(=O)NCCc2ccccc2C(=O)O)o1. The Morgan fingerprint density at radius 2 is 1.95 bits per heavy atom. The van der Waals surface area contributed by atoms with Gasteiger partial charge in [-0.2, -0.15) is 0 Å². The van der Waals surface area contributed by atoms with E-state index in [1.165, 1.54) is 0 Å². The minimum Gasteiger partial charge on any atom is -0.478 e. The minimum atomic E-state index is -0.976. The first-order valence-corrected chi connectivity index (χ1v) is 6.50. The molecule has 2 aromatic rings. The molecule has 0 atom stereocenters. The summed E-state index contributed by atoms with van der Waals surface area (Å²) in [5.74, 6) is -0.587. The number of aromatic carboxylic acids is 1. The molecule has 0 saturated carbocycles. The number of furan rings is 1. The molecule has 1 heterocycles. The van der Waals surface area contributed by atoms with Gasteiger partial charge in [0.2, 0.25) is 0 Å². The number of carboxylic acids is 1. The van der Waals surface area contributed by atoms with E-state index in [0.717, 1.165) is 0 Å². The van der Waals surface area contributed by atoms with Crippen LogP contribution in [0.15, 0.2) is 40.8 Å². The molecule has 1 aromatic heterocycles. The maximum Gasteiger partial charge on any atom is 0.335 e. The van der Waals surface area contributed by atoms with Crippen molar-refractivity contribution in [2.75, 3.05) is 6.54 Å². The first kappa shape index (κ1) is 14.8. The van der Waals surface area contributed by atoms with Crippen molar-refractivity contribution in [2.45, 2.75) is 13.0 Å². The van der Waals surface area contributed by atoms with Gasteiger partial charge in [0, 0.05) is 6.54 Å². The fourth-order valence-electron chi connectivity index (χ4n) is 1.95. The van der Waals surface area contributed by atoms with Crippen LogP contribution < -0.4 is 11.1 Å². The van der Waals surface area contributed by atoms with Crippen LogP contribution in [0.2, 0.25) is 0 Å². The van der Waals surface area contributed by atoms with Crippen molar-refractivity contribution in [3.8, 4) is 0 Å². The third kappa shape index (κ3) is 3.70. The zero-order chi connectivity index (χ0) is 15.2. The molecule has 1 aromatic carbocycles. The Morgan fingerprint density at radius 3 is 2.62 bits per heavy atom. The molecule has 0 unspecified atom stereocenters. The highest BCUT2D eigenvalue weighted by molar-refractivity contribution is 5.91. The lowest BCUT2D eigenvalue weighted by Gasteiger charge is -2.06. The first-order chi connectivity index (χ1) is 10.1. The smallest absolute Gasteiger partial charge is 0.335 e. The van der Waals surface area contributed by atoms with E-state index in [1.807, 2.05) is 0 Å². The van der Waals surface area contributed by atoms with Gasteiger partial charge in [0.15, 0.2) is 5.76 Å². The number of carbonyl (C=O) groups is 2. The molecule has 6 heteroatoms. The molecule has 0 aliphatic rings. The number of nitrogens with two attached hydrogens (primary N) is 1. The number of benzene rings is 1. The Morgan fingerprint density at radius 1 is 1.19 bits per heavy atom. The Bertz CT molecular complexity index is 649. The van der Waals surface area contributed by atoms with Crippen molar-refractivity contribution in [2.24, 2.45) is 5.73 Å². The summed E-state index contributed by atoms with van der Waals surface area (Å²) in [5.41, 5.74) is 6.32. The van der Waals surface area contributed by atoms with Crippen LogP contribution in [0.1, 0.15) is 32.2 Å². The van der Waals surface area contributed by atoms with E-state index >= 15 is 0 Å². The normalized spacial score (nSPS) is 10.3. The predicted octanol–water partition coefficient (Wildman–Crippen LogP) is 1.41. The number of amides is 1. The van der Waals surface area contributed by atoms with Crippen molar-refractivity contribution >= 4 is 11.9 Å². The van der Waals surface area contributed by atoms with Gasteiger partial charge in [0.05, 0.1) is 12.1 Å². The van der Waals surface area contributed by atoms with Gasteiger partial charge < -0.3 is 20.6 Å². The highest BCUT2D eigenvalue weighted by Gasteiger charge is 2.12. The molecule has 2 rings (SSSR count). The molecule has 6 nitrogen and oxygen atoms in total. The summed E-state index contributed by atoms with van der Waals surface area (Å²) < 4.78 is 5.23. The number of rotatable bonds is 6. The van der Waals surface area contributed by atoms with Crippen LogP contribution in [0.3, 0.4) is 0 Å². The van der Waals surface area contributed by atoms with Crippen LogP contribution in [0.5, 0.6) is 0 Å². The largest absolute Gasteiger partial charge is 0.478 e. The molecule has 0 fully saturated rings. The standard InChI is InChI=1S/C15H16N2O4/c16-9-11-5-6-13(21-11)14(18)17-8-7-10-3-1-2-4-12(10)15(19)20/h1-6H,7-9,16H2,(H,17,18)(H,19,20). The molecule has 0 aliphatic carbocycles. The lowest BCUT2D eigenvalue weighted by atomic mass is 10.0. The predicted molar refractivity (Wildman–Crippen MR) is 76.0 cm³/mol. The maximum atomic E-state index is 11.8. The van der Waals surface area contributed by atoms with Crippen LogP contribution in [-0.4, -0.2) is 23.5 Å². The van der Waals surface area contributed by atoms with E-state index in [2.05, 4.69) is 5.32 Å². The third-order valence-electron chi connectivity index (χ3n) is 3.01. The molecular formula is C15H16N2O4. The molecule has 0 aliphatic heterocycles. The van der Waals surface area contributed by atoms with Crippen LogP contribution in [0.25, 0.3) is 0 Å². The van der Waals surface area contributed by atoms with Gasteiger partial charge in [0.1, 0.15) is 5.76 Å². The molecule has 0 spiro atoms. The van der Waals surface area contributed by atoms with E-state index in [4.69, 9.17) is 15.3 Å². The summed E-state index contributed by atoms with van der Waals surface area (Å²) in [6.45, 7) is 0.557. The van der Waals surface area contributed by atoms with Gasteiger partial charge in [0.25, 0.3) is 5.91 Å². The summed E-state index contributed by atoms with van der Waals surface area (Å²) >= 11 is 0. The van der Waals surface area contributed by atoms with Crippen molar-refractivity contribution in [3.05, 3.63) is 59.0 Å². The highest BCUT2D eigenvalue weighted by atomic mass is 16.4. The second-order valence-electron chi connectivity index (χ2n) is 4.44. The minimum absolute atomic E-state index is 0.196. The molecular weight excluding hydrogens is 272 g/mol. The van der Waals surface area contributed by atoms with Gasteiger partial charge >= 0.3 is 5.97 Å². The lowest BCUT2D eigenvalue weighted by Crippen LogP contribution is -2.25. The number of hydrogen-bond acceptors (Lipinski definition) is 4. The number of carbonyl (C=O) groups excluding carboxylic acids is 1. The van der Waals surface area contributed by atoms with Gasteiger partial charge in [-0.1, -0.05) is 18.2 Å². The van der Waals surface area contributed by atoms with E-state index < -0.39 is 5.97 Å². The Balaban J connectivity index is 1.92. The molecule has 21 heavy (non-hydrogen) atoms. The molecule has 4 N–H and O–H groups in total. The third-order valence-corrected chi connectivity index (χ3v) is 3.01. The second-order valence-corrected chi connectivity index (χ2v) is 4.44. The highest BCUT2D eigenvalue weighted by Crippen LogP contribution is 2.10. The molecule has 0 saturated heterocycles. The van der Waals surface area contributed by atoms with Crippen molar-refractivity contribution in [1.82, 2.24) is 5.32 Å². The van der Waals surface area contributed by atoms with Crippen molar-refractivity contribution < 1.29 is 19.1 Å². The summed E-state index contributed by atoms with van der Waals surface area (Å²) in [6.07, 6.45) is 0.429. The van der Waals surface area contributed by atoms with Gasteiger partial charge in [-0.05, 0) is 30.2 Å². The molecule has 0 radical (unpaired) electrons. The van der Waals surface area contributed by atoms with Gasteiger partial charge in [-0.25, -0.2) is 4.79 Å². The maximum absolute atomic E-state index is 11.8. The topological polar surface area (TPSA) is 106 Å². The summed E-state index contributed by atoms with van der Waals surface area (Å²) in [5, 5.41) is 11.8. The zero-order valence-electron chi connectivity index (χ0n) is 11.3. The van der Waals surface area contributed by atoms with E-state index in [0.29, 0.717) is 24.3 Å². The average molecular weight is 288 g/mol. The zero-order valence-corrected chi connectivity index (χ0v) is 11.3. The van der Waals surface area contributed by atoms with Gasteiger partial charge in [-0.15, -0.1) is 0 Å². The Kier molecular flexibility index (Phi) is 4.73. The van der Waals surface area contributed by atoms with Crippen LogP contribution in [0.4, 0.5) is 0 Å². The van der Waals surface area contributed by atoms with Crippen LogP contribution in [-0.2, 0) is 13.0 Å². The number of hydrogen-bond donors (Lipinski definition) is 3. The number of carboxylic acid groups (broad SMARTS) is 1. The number of nitrogens with one attached hydrogen (secondary N) is 1. The summed E-state index contributed by atoms with van der Waals surface area (Å²) in [6, 6.07) is 9.91.